The van der Waals surface area contributed by atoms with Crippen molar-refractivity contribution in [1.82, 2.24) is 15.5 Å². The molecule has 1 aromatic rings. The van der Waals surface area contributed by atoms with E-state index in [0.29, 0.717) is 31.2 Å². The molecule has 0 spiro atoms. The number of amides is 1. The Morgan fingerprint density at radius 1 is 1.36 bits per heavy atom. The molecule has 0 bridgehead atoms. The standard InChI is InChI=1S/C16H21ClF3N3OS/c1-11(25-13-5-3-2-4-12(13)17)15(24)22-10-14(16(18,19)20)23-8-6-21-7-9-23/h2-5,11,14,21H,6-10H2,1H3,(H,22,24). The van der Waals surface area contributed by atoms with Crippen LogP contribution in [0.25, 0.3) is 0 Å². The Hall–Kier alpha value is -0.960. The van der Waals surface area contributed by atoms with Crippen molar-refractivity contribution in [3.05, 3.63) is 29.3 Å². The van der Waals surface area contributed by atoms with Crippen molar-refractivity contribution < 1.29 is 18.0 Å². The maximum Gasteiger partial charge on any atom is 0.405 e. The van der Waals surface area contributed by atoms with E-state index < -0.39 is 29.9 Å². The van der Waals surface area contributed by atoms with Gasteiger partial charge in [-0.25, -0.2) is 0 Å². The fraction of sp³-hybridized carbons (Fsp3) is 0.562. The van der Waals surface area contributed by atoms with Gasteiger partial charge >= 0.3 is 6.18 Å². The number of benzene rings is 1. The summed E-state index contributed by atoms with van der Waals surface area (Å²) in [6.45, 7) is 2.85. The van der Waals surface area contributed by atoms with Gasteiger partial charge in [-0.1, -0.05) is 23.7 Å². The second-order valence-electron chi connectivity index (χ2n) is 5.78. The van der Waals surface area contributed by atoms with Gasteiger partial charge in [0.15, 0.2) is 0 Å². The minimum Gasteiger partial charge on any atom is -0.353 e. The van der Waals surface area contributed by atoms with Gasteiger partial charge in [0.2, 0.25) is 5.91 Å². The summed E-state index contributed by atoms with van der Waals surface area (Å²) < 4.78 is 40.0. The third kappa shape index (κ3) is 6.06. The molecule has 0 aliphatic carbocycles. The number of hydrogen-bond acceptors (Lipinski definition) is 4. The highest BCUT2D eigenvalue weighted by Crippen LogP contribution is 2.30. The number of thioether (sulfide) groups is 1. The third-order valence-electron chi connectivity index (χ3n) is 3.95. The van der Waals surface area contributed by atoms with Gasteiger partial charge in [-0.3, -0.25) is 9.69 Å². The molecule has 2 unspecified atom stereocenters. The predicted molar refractivity (Wildman–Crippen MR) is 94.1 cm³/mol. The number of hydrogen-bond donors (Lipinski definition) is 2. The maximum absolute atomic E-state index is 13.3. The Labute approximate surface area is 154 Å². The maximum atomic E-state index is 13.3. The summed E-state index contributed by atoms with van der Waals surface area (Å²) in [7, 11) is 0. The van der Waals surface area contributed by atoms with Crippen LogP contribution in [0.2, 0.25) is 5.02 Å². The van der Waals surface area contributed by atoms with Crippen molar-refractivity contribution in [2.24, 2.45) is 0 Å². The Morgan fingerprint density at radius 3 is 2.60 bits per heavy atom. The first-order valence-corrected chi connectivity index (χ1v) is 9.25. The van der Waals surface area contributed by atoms with Gasteiger partial charge in [-0.15, -0.1) is 11.8 Å². The molecule has 25 heavy (non-hydrogen) atoms. The molecule has 0 saturated carbocycles. The quantitative estimate of drug-likeness (QED) is 0.727. The van der Waals surface area contributed by atoms with Crippen LogP contribution in [-0.4, -0.2) is 61.0 Å². The van der Waals surface area contributed by atoms with Gasteiger partial charge in [0, 0.05) is 37.6 Å². The van der Waals surface area contributed by atoms with Crippen molar-refractivity contribution >= 4 is 29.3 Å². The smallest absolute Gasteiger partial charge is 0.353 e. The van der Waals surface area contributed by atoms with Gasteiger partial charge in [0.25, 0.3) is 0 Å². The molecule has 1 aromatic carbocycles. The highest BCUT2D eigenvalue weighted by molar-refractivity contribution is 8.00. The molecule has 0 aromatic heterocycles. The Kier molecular flexibility index (Phi) is 7.42. The number of nitrogens with one attached hydrogen (secondary N) is 2. The number of alkyl halides is 3. The third-order valence-corrected chi connectivity index (χ3v) is 5.57. The van der Waals surface area contributed by atoms with Crippen LogP contribution in [0, 0.1) is 0 Å². The van der Waals surface area contributed by atoms with Crippen LogP contribution in [-0.2, 0) is 4.79 Å². The van der Waals surface area contributed by atoms with Crippen molar-refractivity contribution in [3.8, 4) is 0 Å². The molecule has 1 heterocycles. The molecule has 0 radical (unpaired) electrons. The van der Waals surface area contributed by atoms with Crippen LogP contribution >= 0.6 is 23.4 Å². The van der Waals surface area contributed by atoms with Crippen molar-refractivity contribution in [3.63, 3.8) is 0 Å². The molecular weight excluding hydrogens is 375 g/mol. The molecule has 1 fully saturated rings. The van der Waals surface area contributed by atoms with E-state index in [-0.39, 0.29) is 0 Å². The number of nitrogens with zero attached hydrogens (tertiary/aromatic N) is 1. The van der Waals surface area contributed by atoms with E-state index in [9.17, 15) is 18.0 Å². The van der Waals surface area contributed by atoms with Gasteiger partial charge in [-0.2, -0.15) is 13.2 Å². The molecule has 1 aliphatic rings. The van der Waals surface area contributed by atoms with Crippen molar-refractivity contribution in [2.45, 2.75) is 29.3 Å². The molecule has 1 saturated heterocycles. The molecule has 4 nitrogen and oxygen atoms in total. The van der Waals surface area contributed by atoms with Gasteiger partial charge in [0.1, 0.15) is 6.04 Å². The first kappa shape index (κ1) is 20.4. The largest absolute Gasteiger partial charge is 0.405 e. The lowest BCUT2D eigenvalue weighted by Gasteiger charge is -2.36. The lowest BCUT2D eigenvalue weighted by atomic mass is 10.2. The summed E-state index contributed by atoms with van der Waals surface area (Å²) in [5, 5.41) is 5.44. The first-order valence-electron chi connectivity index (χ1n) is 7.99. The number of carbonyl (C=O) groups is 1. The topological polar surface area (TPSA) is 44.4 Å². The average Bonchev–Trinajstić information content (AvgIpc) is 2.56. The molecule has 2 rings (SSSR count). The van der Waals surface area contributed by atoms with Crippen LogP contribution < -0.4 is 10.6 Å². The summed E-state index contributed by atoms with van der Waals surface area (Å²) in [6, 6.07) is 5.38. The highest BCUT2D eigenvalue weighted by atomic mass is 35.5. The van der Waals surface area contributed by atoms with Gasteiger partial charge in [0.05, 0.1) is 10.3 Å². The van der Waals surface area contributed by atoms with E-state index in [1.54, 1.807) is 31.2 Å². The molecule has 1 amide bonds. The summed E-state index contributed by atoms with van der Waals surface area (Å²) >= 11 is 7.27. The lowest BCUT2D eigenvalue weighted by molar-refractivity contribution is -0.184. The normalized spacial score (nSPS) is 18.6. The summed E-state index contributed by atoms with van der Waals surface area (Å²) in [5.41, 5.74) is 0. The fourth-order valence-electron chi connectivity index (χ4n) is 2.57. The zero-order chi connectivity index (χ0) is 18.4. The second kappa shape index (κ2) is 9.12. The zero-order valence-corrected chi connectivity index (χ0v) is 15.3. The molecule has 140 valence electrons. The Balaban J connectivity index is 1.92. The van der Waals surface area contributed by atoms with E-state index >= 15 is 0 Å². The Bertz CT molecular complexity index is 582. The van der Waals surface area contributed by atoms with Crippen LogP contribution in [0.1, 0.15) is 6.92 Å². The minimum atomic E-state index is -4.39. The van der Waals surface area contributed by atoms with Gasteiger partial charge in [-0.05, 0) is 19.1 Å². The van der Waals surface area contributed by atoms with Gasteiger partial charge < -0.3 is 10.6 Å². The van der Waals surface area contributed by atoms with Crippen LogP contribution in [0.3, 0.4) is 0 Å². The lowest BCUT2D eigenvalue weighted by Crippen LogP contribution is -2.57. The van der Waals surface area contributed by atoms with E-state index in [4.69, 9.17) is 11.6 Å². The summed E-state index contributed by atoms with van der Waals surface area (Å²) in [4.78, 5) is 14.3. The average molecular weight is 396 g/mol. The second-order valence-corrected chi connectivity index (χ2v) is 7.57. The predicted octanol–water partition coefficient (Wildman–Crippen LogP) is 2.77. The number of piperazine rings is 1. The SMILES string of the molecule is CC(Sc1ccccc1Cl)C(=O)NCC(N1CCNCC1)C(F)(F)F. The number of rotatable bonds is 6. The molecule has 9 heteroatoms. The van der Waals surface area contributed by atoms with E-state index in [1.165, 1.54) is 16.7 Å². The van der Waals surface area contributed by atoms with E-state index in [2.05, 4.69) is 10.6 Å². The zero-order valence-electron chi connectivity index (χ0n) is 13.8. The first-order chi connectivity index (χ1) is 11.8. The summed E-state index contributed by atoms with van der Waals surface area (Å²) in [5.74, 6) is -0.436. The monoisotopic (exact) mass is 395 g/mol. The van der Waals surface area contributed by atoms with Crippen molar-refractivity contribution in [2.75, 3.05) is 32.7 Å². The highest BCUT2D eigenvalue weighted by Gasteiger charge is 2.43. The molecule has 1 aliphatic heterocycles. The molecule has 2 atom stereocenters. The number of carbonyl (C=O) groups excluding carboxylic acids is 1. The van der Waals surface area contributed by atoms with Crippen LogP contribution in [0.5, 0.6) is 0 Å². The Morgan fingerprint density at radius 2 is 2.00 bits per heavy atom. The summed E-state index contributed by atoms with van der Waals surface area (Å²) in [6.07, 6.45) is -4.39. The van der Waals surface area contributed by atoms with Crippen LogP contribution in [0.15, 0.2) is 29.2 Å². The van der Waals surface area contributed by atoms with Crippen LogP contribution in [0.4, 0.5) is 13.2 Å². The van der Waals surface area contributed by atoms with Crippen molar-refractivity contribution in [1.29, 1.82) is 0 Å². The van der Waals surface area contributed by atoms with E-state index in [0.717, 1.165) is 4.90 Å². The minimum absolute atomic E-state index is 0.309. The fourth-order valence-corrected chi connectivity index (χ4v) is 3.75. The molecule has 2 N–H and O–H groups in total. The molecular formula is C16H21ClF3N3OS. The van der Waals surface area contributed by atoms with E-state index in [1.807, 2.05) is 0 Å². The number of halogens is 4.